The van der Waals surface area contributed by atoms with Crippen LogP contribution in [0.5, 0.6) is 5.75 Å². The number of ether oxygens (including phenoxy) is 1. The first-order valence-electron chi connectivity index (χ1n) is 9.07. The van der Waals surface area contributed by atoms with Crippen molar-refractivity contribution in [1.29, 1.82) is 0 Å². The molecule has 0 spiro atoms. The van der Waals surface area contributed by atoms with E-state index in [4.69, 9.17) is 4.74 Å². The van der Waals surface area contributed by atoms with E-state index in [0.29, 0.717) is 18.7 Å². The second-order valence-electron chi connectivity index (χ2n) is 6.23. The number of hydrogen-bond acceptors (Lipinski definition) is 4. The Morgan fingerprint density at radius 3 is 2.61 bits per heavy atom. The zero-order valence-electron chi connectivity index (χ0n) is 15.2. The van der Waals surface area contributed by atoms with E-state index in [0.717, 1.165) is 27.9 Å². The molecule has 138 valence electrons. The Kier molecular flexibility index (Phi) is 5.24. The van der Waals surface area contributed by atoms with Gasteiger partial charge in [0.2, 0.25) is 0 Å². The van der Waals surface area contributed by atoms with E-state index in [-0.39, 0.29) is 5.91 Å². The molecular formula is C23H19N3O2. The Bertz CT molecular complexity index is 1080. The lowest BCUT2D eigenvalue weighted by atomic mass is 10.0. The standard InChI is InChI=1S/C23H19N3O2/c27-23(25-13-14-28-18-8-2-1-3-9-18)20-15-22(17-7-6-12-24-16-17)26-21-11-5-4-10-19(20)21/h1-12,15-16H,13-14H2,(H,25,27). The summed E-state index contributed by atoms with van der Waals surface area (Å²) in [6.07, 6.45) is 3.46. The molecular weight excluding hydrogens is 350 g/mol. The van der Waals surface area contributed by atoms with Crippen LogP contribution in [0.25, 0.3) is 22.2 Å². The predicted octanol–water partition coefficient (Wildman–Crippen LogP) is 4.11. The maximum Gasteiger partial charge on any atom is 0.252 e. The third-order valence-electron chi connectivity index (χ3n) is 4.32. The topological polar surface area (TPSA) is 64.1 Å². The van der Waals surface area contributed by atoms with E-state index in [2.05, 4.69) is 15.3 Å². The number of fused-ring (bicyclic) bond motifs is 1. The zero-order chi connectivity index (χ0) is 19.2. The minimum Gasteiger partial charge on any atom is -0.492 e. The van der Waals surface area contributed by atoms with Gasteiger partial charge < -0.3 is 10.1 Å². The molecule has 0 radical (unpaired) electrons. The van der Waals surface area contributed by atoms with Crippen LogP contribution in [0.15, 0.2) is 85.2 Å². The van der Waals surface area contributed by atoms with Gasteiger partial charge in [0.1, 0.15) is 12.4 Å². The van der Waals surface area contributed by atoms with Crippen LogP contribution < -0.4 is 10.1 Å². The second-order valence-corrected chi connectivity index (χ2v) is 6.23. The Labute approximate surface area is 163 Å². The van der Waals surface area contributed by atoms with Gasteiger partial charge in [-0.25, -0.2) is 4.98 Å². The van der Waals surface area contributed by atoms with E-state index in [9.17, 15) is 4.79 Å². The molecule has 0 atom stereocenters. The van der Waals surface area contributed by atoms with E-state index >= 15 is 0 Å². The van der Waals surface area contributed by atoms with Gasteiger partial charge in [-0.05, 0) is 36.4 Å². The summed E-state index contributed by atoms with van der Waals surface area (Å²) in [4.78, 5) is 21.7. The molecule has 0 aliphatic carbocycles. The van der Waals surface area contributed by atoms with Gasteiger partial charge in [-0.15, -0.1) is 0 Å². The Balaban J connectivity index is 1.54. The van der Waals surface area contributed by atoms with Crippen molar-refractivity contribution in [2.24, 2.45) is 0 Å². The number of pyridine rings is 2. The van der Waals surface area contributed by atoms with Gasteiger partial charge in [0.25, 0.3) is 5.91 Å². The highest BCUT2D eigenvalue weighted by atomic mass is 16.5. The molecule has 4 rings (SSSR count). The largest absolute Gasteiger partial charge is 0.492 e. The highest BCUT2D eigenvalue weighted by molar-refractivity contribution is 6.07. The van der Waals surface area contributed by atoms with Gasteiger partial charge >= 0.3 is 0 Å². The van der Waals surface area contributed by atoms with Crippen LogP contribution >= 0.6 is 0 Å². The lowest BCUT2D eigenvalue weighted by molar-refractivity contribution is 0.0948. The van der Waals surface area contributed by atoms with Crippen LogP contribution in [0, 0.1) is 0 Å². The number of aromatic nitrogens is 2. The van der Waals surface area contributed by atoms with Crippen molar-refractivity contribution in [3.63, 3.8) is 0 Å². The summed E-state index contributed by atoms with van der Waals surface area (Å²) in [5.74, 6) is 0.630. The first-order chi connectivity index (χ1) is 13.8. The Morgan fingerprint density at radius 2 is 1.79 bits per heavy atom. The lowest BCUT2D eigenvalue weighted by Crippen LogP contribution is -2.28. The predicted molar refractivity (Wildman–Crippen MR) is 109 cm³/mol. The molecule has 0 bridgehead atoms. The van der Waals surface area contributed by atoms with Crippen LogP contribution in [0.3, 0.4) is 0 Å². The maximum absolute atomic E-state index is 12.8. The van der Waals surface area contributed by atoms with Gasteiger partial charge in [0, 0.05) is 23.3 Å². The molecule has 4 aromatic rings. The third-order valence-corrected chi connectivity index (χ3v) is 4.32. The molecule has 5 nitrogen and oxygen atoms in total. The number of nitrogens with one attached hydrogen (secondary N) is 1. The van der Waals surface area contributed by atoms with Gasteiger partial charge in [-0.2, -0.15) is 0 Å². The highest BCUT2D eigenvalue weighted by Crippen LogP contribution is 2.24. The van der Waals surface area contributed by atoms with Crippen LogP contribution in [0.1, 0.15) is 10.4 Å². The van der Waals surface area contributed by atoms with E-state index in [1.807, 2.05) is 72.8 Å². The third kappa shape index (κ3) is 3.99. The minimum absolute atomic E-state index is 0.152. The molecule has 0 aliphatic rings. The molecule has 2 heterocycles. The molecule has 0 saturated heterocycles. The summed E-state index contributed by atoms with van der Waals surface area (Å²) in [7, 11) is 0. The summed E-state index contributed by atoms with van der Waals surface area (Å²) in [6, 6.07) is 22.8. The summed E-state index contributed by atoms with van der Waals surface area (Å²) in [5, 5.41) is 3.75. The number of nitrogens with zero attached hydrogens (tertiary/aromatic N) is 2. The fourth-order valence-corrected chi connectivity index (χ4v) is 2.97. The van der Waals surface area contributed by atoms with Crippen molar-refractivity contribution in [1.82, 2.24) is 15.3 Å². The van der Waals surface area contributed by atoms with Crippen LogP contribution in [0.2, 0.25) is 0 Å². The maximum atomic E-state index is 12.8. The van der Waals surface area contributed by atoms with Crippen molar-refractivity contribution in [3.05, 3.63) is 90.8 Å². The molecule has 1 amide bonds. The average molecular weight is 369 g/mol. The minimum atomic E-state index is -0.152. The molecule has 28 heavy (non-hydrogen) atoms. The van der Waals surface area contributed by atoms with E-state index in [1.165, 1.54) is 0 Å². The smallest absolute Gasteiger partial charge is 0.252 e. The van der Waals surface area contributed by atoms with Gasteiger partial charge in [-0.1, -0.05) is 36.4 Å². The monoisotopic (exact) mass is 369 g/mol. The molecule has 2 aromatic carbocycles. The lowest BCUT2D eigenvalue weighted by Gasteiger charge is -2.11. The number of hydrogen-bond donors (Lipinski definition) is 1. The summed E-state index contributed by atoms with van der Waals surface area (Å²) in [6.45, 7) is 0.806. The SMILES string of the molecule is O=C(NCCOc1ccccc1)c1cc(-c2cccnc2)nc2ccccc12. The fourth-order valence-electron chi connectivity index (χ4n) is 2.97. The molecule has 1 N–H and O–H groups in total. The van der Waals surface area contributed by atoms with Gasteiger partial charge in [0.05, 0.1) is 23.3 Å². The van der Waals surface area contributed by atoms with Gasteiger partial charge in [0.15, 0.2) is 0 Å². The normalized spacial score (nSPS) is 10.6. The van der Waals surface area contributed by atoms with Crippen molar-refractivity contribution >= 4 is 16.8 Å². The fraction of sp³-hybridized carbons (Fsp3) is 0.0870. The number of benzene rings is 2. The zero-order valence-corrected chi connectivity index (χ0v) is 15.2. The Hall–Kier alpha value is -3.73. The van der Waals surface area contributed by atoms with Crippen LogP contribution in [-0.2, 0) is 0 Å². The molecule has 0 unspecified atom stereocenters. The number of carbonyl (C=O) groups is 1. The molecule has 0 saturated carbocycles. The molecule has 0 fully saturated rings. The first-order valence-corrected chi connectivity index (χ1v) is 9.07. The number of carbonyl (C=O) groups excluding carboxylic acids is 1. The van der Waals surface area contributed by atoms with Crippen LogP contribution in [-0.4, -0.2) is 29.0 Å². The number of amides is 1. The second kappa shape index (κ2) is 8.31. The number of para-hydroxylation sites is 2. The Morgan fingerprint density at radius 1 is 0.964 bits per heavy atom. The van der Waals surface area contributed by atoms with Gasteiger partial charge in [-0.3, -0.25) is 9.78 Å². The first kappa shape index (κ1) is 17.7. The summed E-state index contributed by atoms with van der Waals surface area (Å²) in [5.41, 5.74) is 2.95. The van der Waals surface area contributed by atoms with E-state index in [1.54, 1.807) is 12.4 Å². The van der Waals surface area contributed by atoms with Crippen LogP contribution in [0.4, 0.5) is 0 Å². The molecule has 2 aromatic heterocycles. The van der Waals surface area contributed by atoms with Crippen molar-refractivity contribution in [3.8, 4) is 17.0 Å². The summed E-state index contributed by atoms with van der Waals surface area (Å²) < 4.78 is 5.64. The highest BCUT2D eigenvalue weighted by Gasteiger charge is 2.13. The van der Waals surface area contributed by atoms with Crippen molar-refractivity contribution < 1.29 is 9.53 Å². The average Bonchev–Trinajstić information content (AvgIpc) is 2.77. The molecule has 5 heteroatoms. The van der Waals surface area contributed by atoms with Crippen molar-refractivity contribution in [2.75, 3.05) is 13.2 Å². The van der Waals surface area contributed by atoms with Crippen molar-refractivity contribution in [2.45, 2.75) is 0 Å². The molecule has 0 aliphatic heterocycles. The van der Waals surface area contributed by atoms with E-state index < -0.39 is 0 Å². The quantitative estimate of drug-likeness (QED) is 0.520. The number of rotatable bonds is 6. The summed E-state index contributed by atoms with van der Waals surface area (Å²) >= 11 is 0.